The highest BCUT2D eigenvalue weighted by Gasteiger charge is 2.22. The number of aryl methyl sites for hydroxylation is 2. The van der Waals surface area contributed by atoms with Gasteiger partial charge in [-0.1, -0.05) is 48.6 Å². The van der Waals surface area contributed by atoms with Crippen LogP contribution in [0.2, 0.25) is 0 Å². The van der Waals surface area contributed by atoms with E-state index < -0.39 is 0 Å². The second kappa shape index (κ2) is 12.4. The van der Waals surface area contributed by atoms with E-state index in [9.17, 15) is 4.79 Å². The molecule has 1 fully saturated rings. The van der Waals surface area contributed by atoms with Crippen LogP contribution < -0.4 is 9.47 Å². The molecular formula is C31H36N2O3. The van der Waals surface area contributed by atoms with E-state index in [2.05, 4.69) is 49.1 Å². The number of rotatable bonds is 9. The Balaban J connectivity index is 1.36. The number of amides is 1. The maximum absolute atomic E-state index is 13.3. The van der Waals surface area contributed by atoms with E-state index >= 15 is 0 Å². The summed E-state index contributed by atoms with van der Waals surface area (Å²) in [6.07, 6.45) is 4.35. The second-order valence-electron chi connectivity index (χ2n) is 9.20. The van der Waals surface area contributed by atoms with Crippen molar-refractivity contribution in [3.63, 3.8) is 0 Å². The molecule has 0 N–H and O–H groups in total. The number of piperazine rings is 1. The van der Waals surface area contributed by atoms with Gasteiger partial charge in [-0.2, -0.15) is 0 Å². The van der Waals surface area contributed by atoms with E-state index in [1.54, 1.807) is 0 Å². The van der Waals surface area contributed by atoms with E-state index in [-0.39, 0.29) is 5.91 Å². The van der Waals surface area contributed by atoms with Crippen LogP contribution in [0.25, 0.3) is 6.08 Å². The van der Waals surface area contributed by atoms with Gasteiger partial charge in [-0.3, -0.25) is 9.69 Å². The van der Waals surface area contributed by atoms with E-state index in [0.29, 0.717) is 18.8 Å². The van der Waals surface area contributed by atoms with Crippen molar-refractivity contribution in [2.45, 2.75) is 27.4 Å². The quantitative estimate of drug-likeness (QED) is 0.388. The monoisotopic (exact) mass is 484 g/mol. The summed E-state index contributed by atoms with van der Waals surface area (Å²) < 4.78 is 11.9. The van der Waals surface area contributed by atoms with Gasteiger partial charge in [0.25, 0.3) is 5.91 Å². The predicted molar refractivity (Wildman–Crippen MR) is 146 cm³/mol. The summed E-state index contributed by atoms with van der Waals surface area (Å²) in [5.74, 6) is 1.63. The van der Waals surface area contributed by atoms with Crippen LogP contribution in [0.1, 0.15) is 39.5 Å². The summed E-state index contributed by atoms with van der Waals surface area (Å²) in [5, 5.41) is 0. The zero-order chi connectivity index (χ0) is 25.3. The third-order valence-corrected chi connectivity index (χ3v) is 6.61. The Morgan fingerprint density at radius 2 is 1.67 bits per heavy atom. The Morgan fingerprint density at radius 3 is 2.39 bits per heavy atom. The molecule has 0 bridgehead atoms. The van der Waals surface area contributed by atoms with Gasteiger partial charge in [-0.15, -0.1) is 0 Å². The first kappa shape index (κ1) is 25.5. The van der Waals surface area contributed by atoms with Gasteiger partial charge in [-0.25, -0.2) is 0 Å². The molecule has 5 heteroatoms. The zero-order valence-corrected chi connectivity index (χ0v) is 21.6. The second-order valence-corrected chi connectivity index (χ2v) is 9.20. The van der Waals surface area contributed by atoms with Gasteiger partial charge in [0.2, 0.25) is 0 Å². The van der Waals surface area contributed by atoms with Crippen LogP contribution in [-0.4, -0.2) is 55.0 Å². The Kier molecular flexibility index (Phi) is 8.80. The molecule has 0 spiro atoms. The lowest BCUT2D eigenvalue weighted by atomic mass is 10.1. The topological polar surface area (TPSA) is 42.0 Å². The van der Waals surface area contributed by atoms with E-state index in [0.717, 1.165) is 49.8 Å². The fourth-order valence-electron chi connectivity index (χ4n) is 4.30. The molecule has 4 rings (SSSR count). The van der Waals surface area contributed by atoms with Crippen molar-refractivity contribution in [3.05, 3.63) is 101 Å². The fraction of sp³-hybridized carbons (Fsp3) is 0.323. The normalized spacial score (nSPS) is 14.2. The lowest BCUT2D eigenvalue weighted by Crippen LogP contribution is -2.48. The summed E-state index contributed by atoms with van der Waals surface area (Å²) in [4.78, 5) is 17.6. The third kappa shape index (κ3) is 6.76. The molecule has 0 aliphatic carbocycles. The van der Waals surface area contributed by atoms with Crippen molar-refractivity contribution in [3.8, 4) is 11.5 Å². The summed E-state index contributed by atoms with van der Waals surface area (Å²) in [7, 11) is 0. The predicted octanol–water partition coefficient (Wildman–Crippen LogP) is 5.75. The van der Waals surface area contributed by atoms with Crippen molar-refractivity contribution >= 4 is 12.0 Å². The van der Waals surface area contributed by atoms with Crippen LogP contribution in [0.15, 0.2) is 72.8 Å². The lowest BCUT2D eigenvalue weighted by Gasteiger charge is -2.34. The fourth-order valence-corrected chi connectivity index (χ4v) is 4.30. The minimum Gasteiger partial charge on any atom is -0.493 e. The van der Waals surface area contributed by atoms with Crippen LogP contribution in [0.5, 0.6) is 11.5 Å². The van der Waals surface area contributed by atoms with Gasteiger partial charge >= 0.3 is 0 Å². The van der Waals surface area contributed by atoms with Crippen molar-refractivity contribution in [2.24, 2.45) is 0 Å². The molecule has 1 aliphatic rings. The minimum atomic E-state index is 0.0601. The van der Waals surface area contributed by atoms with Gasteiger partial charge in [0.1, 0.15) is 18.1 Å². The Bertz CT molecular complexity index is 1180. The molecule has 5 nitrogen and oxygen atoms in total. The van der Waals surface area contributed by atoms with Gasteiger partial charge < -0.3 is 14.4 Å². The van der Waals surface area contributed by atoms with E-state index in [1.807, 2.05) is 60.4 Å². The number of hydrogen-bond donors (Lipinski definition) is 0. The molecule has 1 saturated heterocycles. The summed E-state index contributed by atoms with van der Waals surface area (Å²) >= 11 is 0. The third-order valence-electron chi connectivity index (χ3n) is 6.61. The molecule has 0 aromatic heterocycles. The van der Waals surface area contributed by atoms with Crippen LogP contribution in [-0.2, 0) is 6.61 Å². The number of benzene rings is 3. The lowest BCUT2D eigenvalue weighted by molar-refractivity contribution is 0.0650. The number of ether oxygens (including phenoxy) is 2. The zero-order valence-electron chi connectivity index (χ0n) is 21.6. The van der Waals surface area contributed by atoms with Crippen LogP contribution in [0.3, 0.4) is 0 Å². The average Bonchev–Trinajstić information content (AvgIpc) is 2.91. The highest BCUT2D eigenvalue weighted by atomic mass is 16.5. The van der Waals surface area contributed by atoms with Crippen LogP contribution >= 0.6 is 0 Å². The van der Waals surface area contributed by atoms with Gasteiger partial charge in [-0.05, 0) is 67.8 Å². The molecule has 3 aromatic rings. The molecule has 1 aliphatic heterocycles. The summed E-state index contributed by atoms with van der Waals surface area (Å²) in [6.45, 7) is 11.1. The van der Waals surface area contributed by atoms with Crippen molar-refractivity contribution < 1.29 is 14.3 Å². The molecule has 1 heterocycles. The van der Waals surface area contributed by atoms with Crippen molar-refractivity contribution in [2.75, 3.05) is 39.3 Å². The Morgan fingerprint density at radius 1 is 0.889 bits per heavy atom. The SMILES string of the molecule is CCOc1ccc(C(=O)N2CCN(C/C=C/c3ccccc3)CC2)cc1COc1ccc(C)c(C)c1. The minimum absolute atomic E-state index is 0.0601. The number of nitrogens with zero attached hydrogens (tertiary/aromatic N) is 2. The molecule has 0 unspecified atom stereocenters. The first-order valence-electron chi connectivity index (χ1n) is 12.7. The molecule has 1 amide bonds. The number of carbonyl (C=O) groups is 1. The van der Waals surface area contributed by atoms with E-state index in [1.165, 1.54) is 16.7 Å². The largest absolute Gasteiger partial charge is 0.493 e. The molecule has 0 radical (unpaired) electrons. The standard InChI is InChI=1S/C31H36N2O3/c1-4-35-30-15-13-27(22-28(30)23-36-29-14-12-24(2)25(3)21-29)31(34)33-19-17-32(18-20-33)16-8-11-26-9-6-5-7-10-26/h5-15,21-22H,4,16-20,23H2,1-3H3/b11-8+. The molecule has 0 saturated carbocycles. The van der Waals surface area contributed by atoms with Crippen LogP contribution in [0, 0.1) is 13.8 Å². The number of hydrogen-bond acceptors (Lipinski definition) is 4. The molecule has 36 heavy (non-hydrogen) atoms. The van der Waals surface area contributed by atoms with Gasteiger partial charge in [0.05, 0.1) is 6.61 Å². The van der Waals surface area contributed by atoms with Gasteiger partial charge in [0.15, 0.2) is 0 Å². The first-order valence-corrected chi connectivity index (χ1v) is 12.7. The molecule has 0 atom stereocenters. The summed E-state index contributed by atoms with van der Waals surface area (Å²) in [6, 6.07) is 22.1. The first-order chi connectivity index (χ1) is 17.5. The molecular weight excluding hydrogens is 448 g/mol. The molecule has 3 aromatic carbocycles. The van der Waals surface area contributed by atoms with E-state index in [4.69, 9.17) is 9.47 Å². The smallest absolute Gasteiger partial charge is 0.253 e. The maximum Gasteiger partial charge on any atom is 0.253 e. The van der Waals surface area contributed by atoms with Crippen molar-refractivity contribution in [1.29, 1.82) is 0 Å². The van der Waals surface area contributed by atoms with Crippen molar-refractivity contribution in [1.82, 2.24) is 9.80 Å². The number of carbonyl (C=O) groups excluding carboxylic acids is 1. The average molecular weight is 485 g/mol. The maximum atomic E-state index is 13.3. The summed E-state index contributed by atoms with van der Waals surface area (Å²) in [5.41, 5.74) is 5.19. The Hall–Kier alpha value is -3.57. The highest BCUT2D eigenvalue weighted by Crippen LogP contribution is 2.25. The highest BCUT2D eigenvalue weighted by molar-refractivity contribution is 5.94. The van der Waals surface area contributed by atoms with Gasteiger partial charge in [0, 0.05) is 43.9 Å². The molecule has 188 valence electrons. The Labute approximate surface area is 215 Å². The van der Waals surface area contributed by atoms with Crippen LogP contribution in [0.4, 0.5) is 0 Å².